The lowest BCUT2D eigenvalue weighted by atomic mass is 10.3. The van der Waals surface area contributed by atoms with Gasteiger partial charge in [-0.2, -0.15) is 0 Å². The predicted molar refractivity (Wildman–Crippen MR) is 45.2 cm³/mol. The molecule has 1 aromatic rings. The minimum Gasteiger partial charge on any atom is -0.291 e. The molecule has 0 unspecified atom stereocenters. The van der Waals surface area contributed by atoms with Gasteiger partial charge in [0.05, 0.1) is 17.7 Å². The van der Waals surface area contributed by atoms with Crippen molar-refractivity contribution in [3.05, 3.63) is 23.2 Å². The first-order valence-electron chi connectivity index (χ1n) is 2.80. The van der Waals surface area contributed by atoms with Gasteiger partial charge in [0.1, 0.15) is 10.8 Å². The van der Waals surface area contributed by atoms with Gasteiger partial charge in [-0.25, -0.2) is 9.97 Å². The van der Waals surface area contributed by atoms with Gasteiger partial charge in [0.25, 0.3) is 0 Å². The van der Waals surface area contributed by atoms with Crippen molar-refractivity contribution in [1.82, 2.24) is 9.97 Å². The van der Waals surface area contributed by atoms with Crippen LogP contribution in [0.25, 0.3) is 0 Å². The van der Waals surface area contributed by atoms with Crippen LogP contribution >= 0.6 is 27.5 Å². The Bertz CT molecular complexity index is 262. The Labute approximate surface area is 76.9 Å². The number of rotatable bonds is 2. The summed E-state index contributed by atoms with van der Waals surface area (Å²) in [6.07, 6.45) is 2.70. The molecule has 0 aromatic carbocycles. The number of carbonyl (C=O) groups is 1. The fraction of sp³-hybridized carbons (Fsp3) is 0.167. The number of alkyl halides is 1. The SMILES string of the molecule is O=C(CBr)c1cnc(Cl)cn1. The maximum absolute atomic E-state index is 10.9. The first-order chi connectivity index (χ1) is 5.24. The number of nitrogens with zero attached hydrogens (tertiary/aromatic N) is 2. The molecular weight excluding hydrogens is 231 g/mol. The maximum atomic E-state index is 10.9. The minimum atomic E-state index is -0.103. The van der Waals surface area contributed by atoms with Crippen LogP contribution in [0.2, 0.25) is 5.15 Å². The number of Topliss-reactive ketones (excluding diaryl/α,β-unsaturated/α-hetero) is 1. The summed E-state index contributed by atoms with van der Waals surface area (Å²) in [4.78, 5) is 18.4. The highest BCUT2D eigenvalue weighted by Crippen LogP contribution is 2.02. The van der Waals surface area contributed by atoms with Crippen LogP contribution in [0.5, 0.6) is 0 Å². The highest BCUT2D eigenvalue weighted by Gasteiger charge is 2.04. The van der Waals surface area contributed by atoms with E-state index in [9.17, 15) is 4.79 Å². The molecule has 3 nitrogen and oxygen atoms in total. The molecule has 0 bridgehead atoms. The molecule has 1 rings (SSSR count). The van der Waals surface area contributed by atoms with E-state index in [0.29, 0.717) is 5.69 Å². The molecule has 58 valence electrons. The highest BCUT2D eigenvalue weighted by molar-refractivity contribution is 9.09. The molecule has 0 fully saturated rings. The zero-order valence-corrected chi connectivity index (χ0v) is 7.76. The molecule has 0 amide bonds. The first-order valence-corrected chi connectivity index (χ1v) is 4.30. The number of carbonyl (C=O) groups excluding carboxylic acids is 1. The van der Waals surface area contributed by atoms with Gasteiger partial charge < -0.3 is 0 Å². The van der Waals surface area contributed by atoms with Gasteiger partial charge in [0.15, 0.2) is 5.78 Å². The Morgan fingerprint density at radius 2 is 2.27 bits per heavy atom. The van der Waals surface area contributed by atoms with Crippen LogP contribution < -0.4 is 0 Å². The van der Waals surface area contributed by atoms with Gasteiger partial charge in [0.2, 0.25) is 0 Å². The van der Waals surface area contributed by atoms with E-state index in [0.717, 1.165) is 0 Å². The standard InChI is InChI=1S/C6H4BrClN2O/c7-1-5(11)4-2-10-6(8)3-9-4/h2-3H,1H2. The second-order valence-corrected chi connectivity index (χ2v) is 2.73. The van der Waals surface area contributed by atoms with E-state index in [1.54, 1.807) is 0 Å². The van der Waals surface area contributed by atoms with Crippen molar-refractivity contribution in [2.45, 2.75) is 0 Å². The summed E-state index contributed by atoms with van der Waals surface area (Å²) in [6, 6.07) is 0. The van der Waals surface area contributed by atoms with Crippen LogP contribution in [0, 0.1) is 0 Å². The van der Waals surface area contributed by atoms with E-state index >= 15 is 0 Å². The molecule has 0 atom stereocenters. The van der Waals surface area contributed by atoms with Crippen LogP contribution in [-0.4, -0.2) is 21.1 Å². The Kier molecular flexibility index (Phi) is 2.96. The van der Waals surface area contributed by atoms with Gasteiger partial charge in [0, 0.05) is 0 Å². The van der Waals surface area contributed by atoms with Crippen LogP contribution in [-0.2, 0) is 0 Å². The molecule has 1 heterocycles. The lowest BCUT2D eigenvalue weighted by Gasteiger charge is -1.93. The fourth-order valence-corrected chi connectivity index (χ4v) is 0.910. The van der Waals surface area contributed by atoms with Crippen molar-refractivity contribution < 1.29 is 4.79 Å². The smallest absolute Gasteiger partial charge is 0.193 e. The molecule has 0 saturated heterocycles. The molecule has 1 aromatic heterocycles. The number of aromatic nitrogens is 2. The van der Waals surface area contributed by atoms with Crippen molar-refractivity contribution in [3.63, 3.8) is 0 Å². The van der Waals surface area contributed by atoms with E-state index in [4.69, 9.17) is 11.6 Å². The molecule has 0 N–H and O–H groups in total. The molecule has 0 spiro atoms. The molecule has 0 saturated carbocycles. The normalized spacial score (nSPS) is 9.64. The monoisotopic (exact) mass is 234 g/mol. The van der Waals surface area contributed by atoms with E-state index in [2.05, 4.69) is 25.9 Å². The van der Waals surface area contributed by atoms with Crippen molar-refractivity contribution in [3.8, 4) is 0 Å². The van der Waals surface area contributed by atoms with Gasteiger partial charge >= 0.3 is 0 Å². The zero-order chi connectivity index (χ0) is 8.27. The molecule has 5 heteroatoms. The minimum absolute atomic E-state index is 0.103. The fourth-order valence-electron chi connectivity index (χ4n) is 0.525. The highest BCUT2D eigenvalue weighted by atomic mass is 79.9. The lowest BCUT2D eigenvalue weighted by Crippen LogP contribution is -2.03. The van der Waals surface area contributed by atoms with Crippen molar-refractivity contribution in [1.29, 1.82) is 0 Å². The molecule has 0 aliphatic heterocycles. The summed E-state index contributed by atoms with van der Waals surface area (Å²) in [5.74, 6) is -0.103. The first kappa shape index (κ1) is 8.62. The van der Waals surface area contributed by atoms with Crippen molar-refractivity contribution in [2.75, 3.05) is 5.33 Å². The van der Waals surface area contributed by atoms with Crippen LogP contribution in [0.1, 0.15) is 10.5 Å². The zero-order valence-electron chi connectivity index (χ0n) is 5.42. The van der Waals surface area contributed by atoms with Crippen LogP contribution in [0.4, 0.5) is 0 Å². The lowest BCUT2D eigenvalue weighted by molar-refractivity contribution is 0.101. The van der Waals surface area contributed by atoms with Gasteiger partial charge in [-0.1, -0.05) is 27.5 Å². The Morgan fingerprint density at radius 1 is 1.55 bits per heavy atom. The van der Waals surface area contributed by atoms with Crippen LogP contribution in [0.3, 0.4) is 0 Å². The van der Waals surface area contributed by atoms with Crippen molar-refractivity contribution >= 4 is 33.3 Å². The van der Waals surface area contributed by atoms with Gasteiger partial charge in [-0.15, -0.1) is 0 Å². The number of ketones is 1. The third kappa shape index (κ3) is 2.24. The topological polar surface area (TPSA) is 42.9 Å². The Balaban J connectivity index is 2.90. The van der Waals surface area contributed by atoms with Gasteiger partial charge in [-0.05, 0) is 0 Å². The predicted octanol–water partition coefficient (Wildman–Crippen LogP) is 1.71. The third-order valence-corrected chi connectivity index (χ3v) is 1.73. The maximum Gasteiger partial charge on any atom is 0.193 e. The second kappa shape index (κ2) is 3.78. The third-order valence-electron chi connectivity index (χ3n) is 1.03. The quantitative estimate of drug-likeness (QED) is 0.579. The van der Waals surface area contributed by atoms with Gasteiger partial charge in [-0.3, -0.25) is 4.79 Å². The van der Waals surface area contributed by atoms with E-state index in [1.807, 2.05) is 0 Å². The number of hydrogen-bond acceptors (Lipinski definition) is 3. The summed E-state index contributed by atoms with van der Waals surface area (Å²) < 4.78 is 0. The summed E-state index contributed by atoms with van der Waals surface area (Å²) in [6.45, 7) is 0. The molecule has 0 aliphatic carbocycles. The number of halogens is 2. The van der Waals surface area contributed by atoms with E-state index < -0.39 is 0 Å². The number of hydrogen-bond donors (Lipinski definition) is 0. The summed E-state index contributed by atoms with van der Waals surface area (Å²) in [5.41, 5.74) is 0.325. The molecular formula is C6H4BrClN2O. The average Bonchev–Trinajstić information content (AvgIpc) is 2.05. The van der Waals surface area contributed by atoms with Crippen molar-refractivity contribution in [2.24, 2.45) is 0 Å². The van der Waals surface area contributed by atoms with E-state index in [1.165, 1.54) is 12.4 Å². The Hall–Kier alpha value is -0.480. The molecule has 0 aliphatic rings. The van der Waals surface area contributed by atoms with E-state index in [-0.39, 0.29) is 16.3 Å². The largest absolute Gasteiger partial charge is 0.291 e. The summed E-state index contributed by atoms with van der Waals surface area (Å²) in [5, 5.41) is 0.541. The molecule has 0 radical (unpaired) electrons. The Morgan fingerprint density at radius 3 is 2.73 bits per heavy atom. The average molecular weight is 235 g/mol. The van der Waals surface area contributed by atoms with Crippen LogP contribution in [0.15, 0.2) is 12.4 Å². The summed E-state index contributed by atoms with van der Waals surface area (Å²) in [7, 11) is 0. The molecule has 11 heavy (non-hydrogen) atoms. The summed E-state index contributed by atoms with van der Waals surface area (Å²) >= 11 is 8.48. The second-order valence-electron chi connectivity index (χ2n) is 1.78.